The van der Waals surface area contributed by atoms with Gasteiger partial charge in [-0.15, -0.1) is 0 Å². The highest BCUT2D eigenvalue weighted by Gasteiger charge is 2.19. The van der Waals surface area contributed by atoms with Crippen LogP contribution < -0.4 is 4.90 Å². The third-order valence-corrected chi connectivity index (χ3v) is 3.31. The molecule has 0 aliphatic rings. The number of rotatable bonds is 5. The second-order valence-electron chi connectivity index (χ2n) is 4.05. The lowest BCUT2D eigenvalue weighted by molar-refractivity contribution is -0.135. The quantitative estimate of drug-likeness (QED) is 0.908. The molecule has 5 heteroatoms. The lowest BCUT2D eigenvalue weighted by atomic mass is 10.1. The zero-order chi connectivity index (χ0) is 13.7. The van der Waals surface area contributed by atoms with E-state index in [2.05, 4.69) is 22.0 Å². The number of hydrogen-bond donors (Lipinski definition) is 1. The van der Waals surface area contributed by atoms with E-state index in [0.29, 0.717) is 11.3 Å². The smallest absolute Gasteiger partial charge is 0.323 e. The molecule has 0 aliphatic heterocycles. The molecule has 0 radical (unpaired) electrons. The summed E-state index contributed by atoms with van der Waals surface area (Å²) >= 11 is 3.31. The summed E-state index contributed by atoms with van der Waals surface area (Å²) in [7, 11) is 0. The highest BCUT2D eigenvalue weighted by Crippen LogP contribution is 2.26. The second-order valence-corrected chi connectivity index (χ2v) is 4.97. The van der Waals surface area contributed by atoms with Crippen LogP contribution in [0.2, 0.25) is 0 Å². The third kappa shape index (κ3) is 3.47. The van der Waals surface area contributed by atoms with Crippen molar-refractivity contribution in [3.8, 4) is 6.07 Å². The number of nitrogens with zero attached hydrogens (tertiary/aromatic N) is 2. The number of aliphatic carboxylic acids is 1. The van der Waals surface area contributed by atoms with Gasteiger partial charge in [0.15, 0.2) is 0 Å². The number of carbonyl (C=O) groups is 1. The fourth-order valence-electron chi connectivity index (χ4n) is 1.69. The van der Waals surface area contributed by atoms with E-state index in [1.165, 1.54) is 0 Å². The minimum Gasteiger partial charge on any atom is -0.480 e. The Labute approximate surface area is 115 Å². The van der Waals surface area contributed by atoms with Gasteiger partial charge in [0.25, 0.3) is 0 Å². The van der Waals surface area contributed by atoms with Gasteiger partial charge in [0.05, 0.1) is 11.3 Å². The highest BCUT2D eigenvalue weighted by molar-refractivity contribution is 9.10. The van der Waals surface area contributed by atoms with E-state index in [-0.39, 0.29) is 12.6 Å². The zero-order valence-corrected chi connectivity index (χ0v) is 11.9. The first-order valence-corrected chi connectivity index (χ1v) is 6.47. The highest BCUT2D eigenvalue weighted by atomic mass is 79.9. The standard InChI is InChI=1S/C13H15BrN2O2/c1-3-9(2)16(8-13(17)18)12-5-4-11(14)6-10(12)7-15/h4-6,9H,3,8H2,1-2H3,(H,17,18). The van der Waals surface area contributed by atoms with Gasteiger partial charge in [-0.1, -0.05) is 22.9 Å². The van der Waals surface area contributed by atoms with Crippen LogP contribution in [0.5, 0.6) is 0 Å². The molecule has 0 aromatic heterocycles. The van der Waals surface area contributed by atoms with Crippen molar-refractivity contribution in [1.82, 2.24) is 0 Å². The Morgan fingerprint density at radius 3 is 2.78 bits per heavy atom. The third-order valence-electron chi connectivity index (χ3n) is 2.82. The van der Waals surface area contributed by atoms with Crippen molar-refractivity contribution in [3.05, 3.63) is 28.2 Å². The van der Waals surface area contributed by atoms with Crippen LogP contribution in [0.3, 0.4) is 0 Å². The molecule has 1 atom stereocenters. The van der Waals surface area contributed by atoms with Crippen LogP contribution in [0.15, 0.2) is 22.7 Å². The van der Waals surface area contributed by atoms with Crippen molar-refractivity contribution in [2.45, 2.75) is 26.3 Å². The molecule has 4 nitrogen and oxygen atoms in total. The van der Waals surface area contributed by atoms with Gasteiger partial charge in [0, 0.05) is 10.5 Å². The van der Waals surface area contributed by atoms with E-state index >= 15 is 0 Å². The van der Waals surface area contributed by atoms with Crippen LogP contribution in [0.25, 0.3) is 0 Å². The van der Waals surface area contributed by atoms with Gasteiger partial charge in [-0.25, -0.2) is 0 Å². The van der Waals surface area contributed by atoms with E-state index in [0.717, 1.165) is 10.9 Å². The van der Waals surface area contributed by atoms with Gasteiger partial charge >= 0.3 is 5.97 Å². The van der Waals surface area contributed by atoms with E-state index < -0.39 is 5.97 Å². The largest absolute Gasteiger partial charge is 0.480 e. The maximum atomic E-state index is 10.9. The number of carboxylic acids is 1. The molecule has 1 unspecified atom stereocenters. The Morgan fingerprint density at radius 1 is 1.61 bits per heavy atom. The number of nitriles is 1. The molecule has 96 valence electrons. The number of anilines is 1. The SMILES string of the molecule is CCC(C)N(CC(=O)O)c1ccc(Br)cc1C#N. The second kappa shape index (κ2) is 6.41. The Morgan fingerprint density at radius 2 is 2.28 bits per heavy atom. The maximum absolute atomic E-state index is 10.9. The van der Waals surface area contributed by atoms with Crippen molar-refractivity contribution in [3.63, 3.8) is 0 Å². The Bertz CT molecular complexity index is 482. The molecule has 1 rings (SSSR count). The van der Waals surface area contributed by atoms with E-state index in [4.69, 9.17) is 10.4 Å². The molecular formula is C13H15BrN2O2. The summed E-state index contributed by atoms with van der Waals surface area (Å²) in [5.41, 5.74) is 1.14. The molecule has 0 aliphatic carbocycles. The van der Waals surface area contributed by atoms with E-state index in [9.17, 15) is 4.79 Å². The van der Waals surface area contributed by atoms with Crippen LogP contribution in [0, 0.1) is 11.3 Å². The van der Waals surface area contributed by atoms with E-state index in [1.807, 2.05) is 19.9 Å². The summed E-state index contributed by atoms with van der Waals surface area (Å²) in [5, 5.41) is 18.1. The van der Waals surface area contributed by atoms with Crippen LogP contribution in [0.1, 0.15) is 25.8 Å². The van der Waals surface area contributed by atoms with Gasteiger partial charge < -0.3 is 10.0 Å². The van der Waals surface area contributed by atoms with Crippen molar-refractivity contribution < 1.29 is 9.90 Å². The molecule has 0 fully saturated rings. The summed E-state index contributed by atoms with van der Waals surface area (Å²) < 4.78 is 0.808. The first-order chi connectivity index (χ1) is 8.49. The molecule has 1 N–H and O–H groups in total. The molecule has 0 bridgehead atoms. The molecule has 0 amide bonds. The molecule has 1 aromatic carbocycles. The summed E-state index contributed by atoms with van der Waals surface area (Å²) in [6, 6.07) is 7.46. The Kier molecular flexibility index (Phi) is 5.17. The number of halogens is 1. The van der Waals surface area contributed by atoms with Crippen molar-refractivity contribution in [2.75, 3.05) is 11.4 Å². The minimum absolute atomic E-state index is 0.0642. The molecule has 0 saturated heterocycles. The fraction of sp³-hybridized carbons (Fsp3) is 0.385. The van der Waals surface area contributed by atoms with Gasteiger partial charge in [0.2, 0.25) is 0 Å². The number of hydrogen-bond acceptors (Lipinski definition) is 3. The van der Waals surface area contributed by atoms with Crippen molar-refractivity contribution in [2.24, 2.45) is 0 Å². The van der Waals surface area contributed by atoms with Crippen LogP contribution in [-0.4, -0.2) is 23.7 Å². The first kappa shape index (κ1) is 14.5. The fourth-order valence-corrected chi connectivity index (χ4v) is 2.05. The minimum atomic E-state index is -0.901. The van der Waals surface area contributed by atoms with Gasteiger partial charge in [-0.05, 0) is 31.5 Å². The maximum Gasteiger partial charge on any atom is 0.323 e. The summed E-state index contributed by atoms with van der Waals surface area (Å²) in [6.45, 7) is 3.84. The predicted octanol–water partition coefficient (Wildman–Crippen LogP) is 3.01. The first-order valence-electron chi connectivity index (χ1n) is 5.67. The Balaban J connectivity index is 3.20. The molecule has 1 aromatic rings. The molecule has 0 saturated carbocycles. The lowest BCUT2D eigenvalue weighted by Gasteiger charge is -2.29. The molecule has 0 spiro atoms. The van der Waals surface area contributed by atoms with Crippen LogP contribution in [-0.2, 0) is 4.79 Å². The van der Waals surface area contributed by atoms with Gasteiger partial charge in [0.1, 0.15) is 12.6 Å². The monoisotopic (exact) mass is 310 g/mol. The van der Waals surface area contributed by atoms with Crippen LogP contribution in [0.4, 0.5) is 5.69 Å². The summed E-state index contributed by atoms with van der Waals surface area (Å²) in [4.78, 5) is 12.7. The number of carboxylic acid groups (broad SMARTS) is 1. The van der Waals surface area contributed by atoms with Gasteiger partial charge in [-0.2, -0.15) is 5.26 Å². The van der Waals surface area contributed by atoms with Crippen molar-refractivity contribution >= 4 is 27.6 Å². The topological polar surface area (TPSA) is 64.3 Å². The predicted molar refractivity (Wildman–Crippen MR) is 73.6 cm³/mol. The van der Waals surface area contributed by atoms with Gasteiger partial charge in [-0.3, -0.25) is 4.79 Å². The normalized spacial score (nSPS) is 11.7. The molecular weight excluding hydrogens is 296 g/mol. The average Bonchev–Trinajstić information content (AvgIpc) is 2.35. The molecule has 0 heterocycles. The van der Waals surface area contributed by atoms with E-state index in [1.54, 1.807) is 17.0 Å². The van der Waals surface area contributed by atoms with Crippen molar-refractivity contribution in [1.29, 1.82) is 5.26 Å². The average molecular weight is 311 g/mol. The summed E-state index contributed by atoms with van der Waals surface area (Å²) in [6.07, 6.45) is 0.814. The number of benzene rings is 1. The summed E-state index contributed by atoms with van der Waals surface area (Å²) in [5.74, 6) is -0.901. The van der Waals surface area contributed by atoms with Crippen LogP contribution >= 0.6 is 15.9 Å². The Hall–Kier alpha value is -1.54. The molecule has 18 heavy (non-hydrogen) atoms. The lowest BCUT2D eigenvalue weighted by Crippen LogP contribution is -2.37. The zero-order valence-electron chi connectivity index (χ0n) is 10.4.